The maximum atomic E-state index is 6.09. The van der Waals surface area contributed by atoms with Gasteiger partial charge in [-0.05, 0) is 42.7 Å². The molecule has 0 aliphatic heterocycles. The summed E-state index contributed by atoms with van der Waals surface area (Å²) in [5.41, 5.74) is 8.52. The molecule has 3 heteroatoms. The number of nitrogens with zero attached hydrogens (tertiary/aromatic N) is 1. The third-order valence-electron chi connectivity index (χ3n) is 3.12. The Morgan fingerprint density at radius 1 is 1.22 bits per heavy atom. The third-order valence-corrected chi connectivity index (χ3v) is 3.37. The Balaban J connectivity index is 2.19. The van der Waals surface area contributed by atoms with Gasteiger partial charge in [0.05, 0.1) is 0 Å². The van der Waals surface area contributed by atoms with Gasteiger partial charge in [-0.15, -0.1) is 0 Å². The van der Waals surface area contributed by atoms with E-state index in [-0.39, 0.29) is 12.0 Å². The van der Waals surface area contributed by atoms with Gasteiger partial charge in [-0.1, -0.05) is 29.8 Å². The third kappa shape index (κ3) is 3.31. The minimum atomic E-state index is 0.0879. The van der Waals surface area contributed by atoms with Crippen LogP contribution in [0.2, 0.25) is 5.02 Å². The molecule has 2 unspecified atom stereocenters. The molecule has 0 amide bonds. The summed E-state index contributed by atoms with van der Waals surface area (Å²) in [6, 6.07) is 12.0. The minimum Gasteiger partial charge on any atom is -0.327 e. The van der Waals surface area contributed by atoms with Crippen LogP contribution in [0.5, 0.6) is 0 Å². The fourth-order valence-electron chi connectivity index (χ4n) is 2.08. The van der Waals surface area contributed by atoms with E-state index in [4.69, 9.17) is 17.3 Å². The summed E-state index contributed by atoms with van der Waals surface area (Å²) in [5.74, 6) is 0.278. The van der Waals surface area contributed by atoms with E-state index in [0.29, 0.717) is 0 Å². The predicted octanol–water partition coefficient (Wildman–Crippen LogP) is 3.41. The molecule has 2 N–H and O–H groups in total. The Bertz CT molecular complexity index is 480. The molecule has 1 heterocycles. The minimum absolute atomic E-state index is 0.0879. The summed E-state index contributed by atoms with van der Waals surface area (Å²) in [4.78, 5) is 4.17. The Labute approximate surface area is 113 Å². The molecule has 0 saturated heterocycles. The van der Waals surface area contributed by atoms with Gasteiger partial charge < -0.3 is 5.73 Å². The highest BCUT2D eigenvalue weighted by atomic mass is 35.5. The van der Waals surface area contributed by atoms with E-state index in [0.717, 1.165) is 11.4 Å². The second kappa shape index (κ2) is 5.98. The van der Waals surface area contributed by atoms with Gasteiger partial charge in [0.25, 0.3) is 0 Å². The van der Waals surface area contributed by atoms with E-state index in [1.54, 1.807) is 6.20 Å². The van der Waals surface area contributed by atoms with Crippen molar-refractivity contribution in [1.82, 2.24) is 4.98 Å². The molecule has 2 nitrogen and oxygen atoms in total. The largest absolute Gasteiger partial charge is 0.327 e. The summed E-state index contributed by atoms with van der Waals surface area (Å²) in [6.45, 7) is 2.04. The van der Waals surface area contributed by atoms with Crippen molar-refractivity contribution >= 4 is 11.6 Å². The van der Waals surface area contributed by atoms with Crippen LogP contribution in [0.25, 0.3) is 0 Å². The van der Waals surface area contributed by atoms with Crippen molar-refractivity contribution in [2.45, 2.75) is 25.3 Å². The lowest BCUT2D eigenvalue weighted by atomic mass is 9.88. The van der Waals surface area contributed by atoms with Crippen LogP contribution in [0, 0.1) is 0 Å². The van der Waals surface area contributed by atoms with Crippen LogP contribution in [-0.4, -0.2) is 11.0 Å². The van der Waals surface area contributed by atoms with Gasteiger partial charge in [-0.25, -0.2) is 0 Å². The molecule has 0 bridgehead atoms. The Hall–Kier alpha value is -1.38. The first-order valence-corrected chi connectivity index (χ1v) is 6.44. The van der Waals surface area contributed by atoms with Crippen LogP contribution in [-0.2, 0) is 6.42 Å². The maximum absolute atomic E-state index is 6.09. The lowest BCUT2D eigenvalue weighted by Gasteiger charge is -2.21. The van der Waals surface area contributed by atoms with Crippen molar-refractivity contribution < 1.29 is 0 Å². The quantitative estimate of drug-likeness (QED) is 0.915. The molecule has 1 aromatic carbocycles. The normalized spacial score (nSPS) is 14.2. The summed E-state index contributed by atoms with van der Waals surface area (Å²) < 4.78 is 0. The van der Waals surface area contributed by atoms with Crippen LogP contribution >= 0.6 is 11.6 Å². The van der Waals surface area contributed by atoms with Crippen molar-refractivity contribution in [2.24, 2.45) is 5.73 Å². The molecule has 2 aromatic rings. The van der Waals surface area contributed by atoms with Crippen molar-refractivity contribution in [3.63, 3.8) is 0 Å². The molecular formula is C15H17ClN2. The zero-order chi connectivity index (χ0) is 13.0. The van der Waals surface area contributed by atoms with Gasteiger partial charge in [0.2, 0.25) is 0 Å². The van der Waals surface area contributed by atoms with Crippen molar-refractivity contribution in [3.8, 4) is 0 Å². The molecule has 0 saturated carbocycles. The van der Waals surface area contributed by atoms with E-state index in [1.165, 1.54) is 11.1 Å². The van der Waals surface area contributed by atoms with Crippen LogP contribution in [0.15, 0.2) is 48.8 Å². The van der Waals surface area contributed by atoms with Gasteiger partial charge >= 0.3 is 0 Å². The van der Waals surface area contributed by atoms with Crippen molar-refractivity contribution in [2.75, 3.05) is 0 Å². The first kappa shape index (κ1) is 13.1. The average Bonchev–Trinajstić information content (AvgIpc) is 2.38. The molecule has 0 aliphatic carbocycles. The van der Waals surface area contributed by atoms with Gasteiger partial charge in [0.15, 0.2) is 0 Å². The summed E-state index contributed by atoms with van der Waals surface area (Å²) >= 11 is 5.89. The molecule has 0 radical (unpaired) electrons. The molecular weight excluding hydrogens is 244 g/mol. The van der Waals surface area contributed by atoms with Gasteiger partial charge in [0, 0.05) is 29.4 Å². The first-order valence-electron chi connectivity index (χ1n) is 6.07. The van der Waals surface area contributed by atoms with Crippen molar-refractivity contribution in [3.05, 3.63) is 64.9 Å². The van der Waals surface area contributed by atoms with Gasteiger partial charge in [-0.2, -0.15) is 0 Å². The number of halogens is 1. The van der Waals surface area contributed by atoms with E-state index in [1.807, 2.05) is 43.5 Å². The molecule has 2 rings (SSSR count). The van der Waals surface area contributed by atoms with Crippen LogP contribution in [0.3, 0.4) is 0 Å². The Morgan fingerprint density at radius 2 is 1.94 bits per heavy atom. The van der Waals surface area contributed by atoms with Crippen LogP contribution < -0.4 is 5.73 Å². The van der Waals surface area contributed by atoms with E-state index in [9.17, 15) is 0 Å². The van der Waals surface area contributed by atoms with Gasteiger partial charge in [0.1, 0.15) is 0 Å². The average molecular weight is 261 g/mol. The fourth-order valence-corrected chi connectivity index (χ4v) is 2.20. The monoisotopic (exact) mass is 260 g/mol. The summed E-state index contributed by atoms with van der Waals surface area (Å²) in [5, 5.41) is 0.762. The predicted molar refractivity (Wildman–Crippen MR) is 75.8 cm³/mol. The number of hydrogen-bond donors (Lipinski definition) is 1. The highest BCUT2D eigenvalue weighted by Crippen LogP contribution is 2.23. The fraction of sp³-hybridized carbons (Fsp3) is 0.267. The Morgan fingerprint density at radius 3 is 2.50 bits per heavy atom. The Kier molecular flexibility index (Phi) is 4.34. The molecule has 2 atom stereocenters. The van der Waals surface area contributed by atoms with E-state index >= 15 is 0 Å². The zero-order valence-electron chi connectivity index (χ0n) is 10.4. The number of rotatable bonds is 4. The second-order valence-electron chi connectivity index (χ2n) is 4.58. The van der Waals surface area contributed by atoms with Gasteiger partial charge in [-0.3, -0.25) is 4.98 Å². The SMILES string of the molecule is CC(N)C(Cc1ccc(Cl)cc1)c1cccnc1. The molecule has 94 valence electrons. The standard InChI is InChI=1S/C15H17ClN2/c1-11(17)15(13-3-2-8-18-10-13)9-12-4-6-14(16)7-5-12/h2-8,10-11,15H,9,17H2,1H3. The van der Waals surface area contributed by atoms with E-state index in [2.05, 4.69) is 11.1 Å². The topological polar surface area (TPSA) is 38.9 Å². The molecule has 0 spiro atoms. The molecule has 0 fully saturated rings. The smallest absolute Gasteiger partial charge is 0.0406 e. The number of hydrogen-bond acceptors (Lipinski definition) is 2. The van der Waals surface area contributed by atoms with Crippen LogP contribution in [0.4, 0.5) is 0 Å². The van der Waals surface area contributed by atoms with Crippen molar-refractivity contribution in [1.29, 1.82) is 0 Å². The highest BCUT2D eigenvalue weighted by molar-refractivity contribution is 6.30. The zero-order valence-corrected chi connectivity index (χ0v) is 11.1. The maximum Gasteiger partial charge on any atom is 0.0406 e. The lowest BCUT2D eigenvalue weighted by molar-refractivity contribution is 0.563. The molecule has 1 aromatic heterocycles. The first-order chi connectivity index (χ1) is 8.66. The number of pyridine rings is 1. The van der Waals surface area contributed by atoms with E-state index < -0.39 is 0 Å². The summed E-state index contributed by atoms with van der Waals surface area (Å²) in [6.07, 6.45) is 4.58. The summed E-state index contributed by atoms with van der Waals surface area (Å²) in [7, 11) is 0. The lowest BCUT2D eigenvalue weighted by Crippen LogP contribution is -2.26. The number of benzene rings is 1. The highest BCUT2D eigenvalue weighted by Gasteiger charge is 2.16. The molecule has 18 heavy (non-hydrogen) atoms. The number of aromatic nitrogens is 1. The van der Waals surface area contributed by atoms with Crippen LogP contribution in [0.1, 0.15) is 24.0 Å². The molecule has 0 aliphatic rings. The second-order valence-corrected chi connectivity index (χ2v) is 5.02. The number of nitrogens with two attached hydrogens (primary N) is 1.